The summed E-state index contributed by atoms with van der Waals surface area (Å²) in [4.78, 5) is 6.24. The van der Waals surface area contributed by atoms with Crippen molar-refractivity contribution in [3.05, 3.63) is 94.8 Å². The van der Waals surface area contributed by atoms with Crippen LogP contribution in [0.3, 0.4) is 0 Å². The summed E-state index contributed by atoms with van der Waals surface area (Å²) in [5.41, 5.74) is 1.10. The van der Waals surface area contributed by atoms with Gasteiger partial charge in [0, 0.05) is 43.6 Å². The Balaban J connectivity index is 1.53. The Labute approximate surface area is 195 Å². The lowest BCUT2D eigenvalue weighted by molar-refractivity contribution is -0.137. The van der Waals surface area contributed by atoms with Gasteiger partial charge >= 0.3 is 6.18 Å². The summed E-state index contributed by atoms with van der Waals surface area (Å²) in [5.74, 6) is 0. The van der Waals surface area contributed by atoms with Gasteiger partial charge in [-0.25, -0.2) is 8.42 Å². The molecule has 1 saturated heterocycles. The number of pyridine rings is 1. The minimum absolute atomic E-state index is 0.133. The fourth-order valence-corrected chi connectivity index (χ4v) is 5.51. The first-order valence-corrected chi connectivity index (χ1v) is 12.0. The molecule has 1 atom stereocenters. The molecule has 0 aliphatic carbocycles. The summed E-state index contributed by atoms with van der Waals surface area (Å²) >= 11 is 6.05. The van der Waals surface area contributed by atoms with Crippen LogP contribution in [0.2, 0.25) is 5.02 Å². The molecule has 2 aromatic carbocycles. The van der Waals surface area contributed by atoms with Crippen LogP contribution in [-0.2, 0) is 16.2 Å². The van der Waals surface area contributed by atoms with E-state index in [0.29, 0.717) is 18.1 Å². The molecule has 3 aromatic rings. The largest absolute Gasteiger partial charge is 0.416 e. The predicted molar refractivity (Wildman–Crippen MR) is 119 cm³/mol. The zero-order chi connectivity index (χ0) is 23.6. The Morgan fingerprint density at radius 2 is 1.52 bits per heavy atom. The molecule has 1 aliphatic heterocycles. The minimum atomic E-state index is -4.52. The highest BCUT2D eigenvalue weighted by Crippen LogP contribution is 2.32. The van der Waals surface area contributed by atoms with Gasteiger partial charge in [-0.15, -0.1) is 0 Å². The van der Waals surface area contributed by atoms with Crippen LogP contribution >= 0.6 is 11.6 Å². The molecule has 0 amide bonds. The zero-order valence-electron chi connectivity index (χ0n) is 17.4. The highest BCUT2D eigenvalue weighted by atomic mass is 35.5. The van der Waals surface area contributed by atoms with Crippen LogP contribution < -0.4 is 0 Å². The van der Waals surface area contributed by atoms with E-state index in [2.05, 4.69) is 9.88 Å². The Kier molecular flexibility index (Phi) is 6.76. The van der Waals surface area contributed by atoms with Crippen LogP contribution in [-0.4, -0.2) is 48.8 Å². The molecule has 5 nitrogen and oxygen atoms in total. The van der Waals surface area contributed by atoms with Crippen molar-refractivity contribution in [1.29, 1.82) is 0 Å². The summed E-state index contributed by atoms with van der Waals surface area (Å²) in [6, 6.07) is 14.8. The van der Waals surface area contributed by atoms with Gasteiger partial charge < -0.3 is 0 Å². The average Bonchev–Trinajstić information content (AvgIpc) is 2.81. The third-order valence-corrected chi connectivity index (χ3v) is 7.81. The van der Waals surface area contributed by atoms with Gasteiger partial charge in [0.1, 0.15) is 0 Å². The van der Waals surface area contributed by atoms with Crippen molar-refractivity contribution < 1.29 is 21.6 Å². The molecule has 0 radical (unpaired) electrons. The van der Waals surface area contributed by atoms with E-state index in [1.807, 2.05) is 36.4 Å². The summed E-state index contributed by atoms with van der Waals surface area (Å²) in [6.45, 7) is 1.32. The number of halogens is 4. The molecule has 0 N–H and O–H groups in total. The summed E-state index contributed by atoms with van der Waals surface area (Å²) < 4.78 is 65.8. The average molecular weight is 496 g/mol. The summed E-state index contributed by atoms with van der Waals surface area (Å²) in [6.07, 6.45) is -1.04. The molecule has 1 aromatic heterocycles. The number of alkyl halides is 3. The Morgan fingerprint density at radius 1 is 0.879 bits per heavy atom. The molecule has 2 heterocycles. The van der Waals surface area contributed by atoms with E-state index in [1.54, 1.807) is 12.4 Å². The molecule has 0 bridgehead atoms. The van der Waals surface area contributed by atoms with Crippen LogP contribution in [0.15, 0.2) is 78.0 Å². The molecule has 174 valence electrons. The van der Waals surface area contributed by atoms with E-state index < -0.39 is 21.8 Å². The third-order valence-electron chi connectivity index (χ3n) is 5.64. The smallest absolute Gasteiger partial charge is 0.290 e. The Morgan fingerprint density at radius 3 is 2.06 bits per heavy atom. The number of hydrogen-bond donors (Lipinski definition) is 0. The maximum atomic E-state index is 13.0. The van der Waals surface area contributed by atoms with Crippen LogP contribution in [0.1, 0.15) is 22.7 Å². The van der Waals surface area contributed by atoms with Gasteiger partial charge in [-0.3, -0.25) is 9.88 Å². The molecule has 1 fully saturated rings. The lowest BCUT2D eigenvalue weighted by atomic mass is 9.98. The normalized spacial score (nSPS) is 17.1. The number of rotatable bonds is 5. The van der Waals surface area contributed by atoms with Gasteiger partial charge in [-0.1, -0.05) is 29.8 Å². The lowest BCUT2D eigenvalue weighted by Gasteiger charge is -2.39. The first-order chi connectivity index (χ1) is 15.7. The van der Waals surface area contributed by atoms with Crippen LogP contribution in [0, 0.1) is 0 Å². The van der Waals surface area contributed by atoms with E-state index in [-0.39, 0.29) is 24.0 Å². The highest BCUT2D eigenvalue weighted by Gasteiger charge is 2.34. The van der Waals surface area contributed by atoms with Crippen molar-refractivity contribution in [2.75, 3.05) is 26.2 Å². The fraction of sp³-hybridized carbons (Fsp3) is 0.261. The standard InChI is InChI=1S/C23H21ClF3N3O2S/c24-20-7-3-17(4-8-20)22(18-2-1-11-28-16-18)29-12-14-30(15-13-29)33(31,32)21-9-5-19(6-10-21)23(25,26)27/h1-11,16,22H,12-15H2. The van der Waals surface area contributed by atoms with E-state index in [0.717, 1.165) is 35.4 Å². The number of piperazine rings is 1. The van der Waals surface area contributed by atoms with Gasteiger partial charge in [0.25, 0.3) is 0 Å². The number of hydrogen-bond acceptors (Lipinski definition) is 4. The fourth-order valence-electron chi connectivity index (χ4n) is 3.96. The van der Waals surface area contributed by atoms with Crippen molar-refractivity contribution >= 4 is 21.6 Å². The molecular weight excluding hydrogens is 475 g/mol. The van der Waals surface area contributed by atoms with Crippen LogP contribution in [0.25, 0.3) is 0 Å². The van der Waals surface area contributed by atoms with Crippen molar-refractivity contribution in [2.24, 2.45) is 0 Å². The van der Waals surface area contributed by atoms with Crippen molar-refractivity contribution in [3.8, 4) is 0 Å². The van der Waals surface area contributed by atoms with Crippen LogP contribution in [0.4, 0.5) is 13.2 Å². The molecule has 1 aliphatic rings. The van der Waals surface area contributed by atoms with Gasteiger partial charge in [-0.05, 0) is 53.6 Å². The van der Waals surface area contributed by atoms with Gasteiger partial charge in [-0.2, -0.15) is 17.5 Å². The summed E-state index contributed by atoms with van der Waals surface area (Å²) in [5, 5.41) is 0.621. The maximum absolute atomic E-state index is 13.0. The quantitative estimate of drug-likeness (QED) is 0.508. The Hall–Kier alpha value is -2.46. The first kappa shape index (κ1) is 23.7. The van der Waals surface area contributed by atoms with Gasteiger partial charge in [0.05, 0.1) is 16.5 Å². The molecule has 1 unspecified atom stereocenters. The molecule has 0 spiro atoms. The van der Waals surface area contributed by atoms with Crippen molar-refractivity contribution in [3.63, 3.8) is 0 Å². The van der Waals surface area contributed by atoms with E-state index >= 15 is 0 Å². The SMILES string of the molecule is O=S(=O)(c1ccc(C(F)(F)F)cc1)N1CCN(C(c2ccc(Cl)cc2)c2cccnc2)CC1. The van der Waals surface area contributed by atoms with E-state index in [9.17, 15) is 21.6 Å². The van der Waals surface area contributed by atoms with Crippen LogP contribution in [0.5, 0.6) is 0 Å². The monoisotopic (exact) mass is 495 g/mol. The zero-order valence-corrected chi connectivity index (χ0v) is 19.0. The molecular formula is C23H21ClF3N3O2S. The number of nitrogens with zero attached hydrogens (tertiary/aromatic N) is 3. The number of sulfonamides is 1. The second-order valence-corrected chi connectivity index (χ2v) is 10.1. The second kappa shape index (κ2) is 9.42. The second-order valence-electron chi connectivity index (χ2n) is 7.70. The topological polar surface area (TPSA) is 53.5 Å². The highest BCUT2D eigenvalue weighted by molar-refractivity contribution is 7.89. The van der Waals surface area contributed by atoms with Gasteiger partial charge in [0.2, 0.25) is 10.0 Å². The molecule has 10 heteroatoms. The first-order valence-electron chi connectivity index (χ1n) is 10.2. The Bertz CT molecular complexity index is 1180. The van der Waals surface area contributed by atoms with Crippen molar-refractivity contribution in [1.82, 2.24) is 14.2 Å². The molecule has 4 rings (SSSR count). The maximum Gasteiger partial charge on any atom is 0.416 e. The lowest BCUT2D eigenvalue weighted by Crippen LogP contribution is -2.49. The van der Waals surface area contributed by atoms with Gasteiger partial charge in [0.15, 0.2) is 0 Å². The number of benzene rings is 2. The molecule has 33 heavy (non-hydrogen) atoms. The minimum Gasteiger partial charge on any atom is -0.290 e. The predicted octanol–water partition coefficient (Wildman–Crippen LogP) is 4.85. The van der Waals surface area contributed by atoms with E-state index in [1.165, 1.54) is 4.31 Å². The molecule has 0 saturated carbocycles. The number of aromatic nitrogens is 1. The van der Waals surface area contributed by atoms with E-state index in [4.69, 9.17) is 11.6 Å². The van der Waals surface area contributed by atoms with Crippen molar-refractivity contribution in [2.45, 2.75) is 17.1 Å². The summed E-state index contributed by atoms with van der Waals surface area (Å²) in [7, 11) is -3.90. The third kappa shape index (κ3) is 5.22.